The molecular weight excluding hydrogens is 572 g/mol. The number of ether oxygens (including phenoxy) is 6. The smallest absolute Gasteiger partial charge is 0.417 e. The maximum Gasteiger partial charge on any atom is 0.417 e. The number of hydroxylamine groups is 2. The first kappa shape index (κ1) is 34.2. The van der Waals surface area contributed by atoms with Gasteiger partial charge in [0.25, 0.3) is 5.79 Å². The molecule has 3 fully saturated rings. The number of nitrogens with zero attached hydrogens (tertiary/aromatic N) is 2. The number of hydrogen-bond donors (Lipinski definition) is 0. The van der Waals surface area contributed by atoms with E-state index in [-0.39, 0.29) is 0 Å². The Labute approximate surface area is 250 Å². The van der Waals surface area contributed by atoms with Gasteiger partial charge in [-0.1, -0.05) is 0 Å². The molecule has 43 heavy (non-hydrogen) atoms. The minimum absolute atomic E-state index is 0.395. The van der Waals surface area contributed by atoms with Gasteiger partial charge in [-0.2, -0.15) is 5.06 Å². The van der Waals surface area contributed by atoms with Crippen LogP contribution in [0.15, 0.2) is 0 Å². The molecule has 0 radical (unpaired) electrons. The van der Waals surface area contributed by atoms with Crippen LogP contribution in [0, 0.1) is 0 Å². The van der Waals surface area contributed by atoms with Crippen molar-refractivity contribution in [2.45, 2.75) is 128 Å². The second-order valence-corrected chi connectivity index (χ2v) is 12.2. The number of amides is 2. The van der Waals surface area contributed by atoms with Crippen LogP contribution in [0.25, 0.3) is 0 Å². The van der Waals surface area contributed by atoms with E-state index >= 15 is 0 Å². The molecule has 3 aliphatic heterocycles. The first-order valence-electron chi connectivity index (χ1n) is 14.1. The van der Waals surface area contributed by atoms with E-state index in [9.17, 15) is 28.8 Å². The highest BCUT2D eigenvalue weighted by atomic mass is 16.8. The molecule has 0 aromatic rings. The van der Waals surface area contributed by atoms with Crippen LogP contribution in [-0.2, 0) is 57.2 Å². The van der Waals surface area contributed by atoms with Gasteiger partial charge >= 0.3 is 30.0 Å². The van der Waals surface area contributed by atoms with Crippen LogP contribution in [0.5, 0.6) is 0 Å². The Morgan fingerprint density at radius 2 is 1.51 bits per heavy atom. The van der Waals surface area contributed by atoms with Crippen molar-refractivity contribution < 1.29 is 62.0 Å². The molecule has 3 heterocycles. The molecule has 0 N–H and O–H groups in total. The van der Waals surface area contributed by atoms with Crippen molar-refractivity contribution in [2.24, 2.45) is 0 Å². The molecule has 3 rings (SSSR count). The molecule has 242 valence electrons. The van der Waals surface area contributed by atoms with Crippen LogP contribution < -0.4 is 0 Å². The fourth-order valence-electron chi connectivity index (χ4n) is 6.18. The van der Waals surface area contributed by atoms with Crippen LogP contribution in [0.2, 0.25) is 0 Å². The summed E-state index contributed by atoms with van der Waals surface area (Å²) in [5.74, 6) is -6.40. The summed E-state index contributed by atoms with van der Waals surface area (Å²) in [5.41, 5.74) is -1.19. The number of esters is 4. The van der Waals surface area contributed by atoms with Crippen molar-refractivity contribution in [3.8, 4) is 0 Å². The minimum Gasteiger partial charge on any atom is -0.465 e. The lowest BCUT2D eigenvalue weighted by molar-refractivity contribution is -0.416. The summed E-state index contributed by atoms with van der Waals surface area (Å²) in [6.45, 7) is 11.6. The van der Waals surface area contributed by atoms with Gasteiger partial charge in [-0.05, 0) is 47.0 Å². The maximum absolute atomic E-state index is 13.6. The highest BCUT2D eigenvalue weighted by molar-refractivity contribution is 5.93. The molecule has 0 aromatic carbocycles. The zero-order chi connectivity index (χ0) is 32.5. The second kappa shape index (κ2) is 12.7. The first-order chi connectivity index (χ1) is 19.8. The lowest BCUT2D eigenvalue weighted by Crippen LogP contribution is -2.70. The molecule has 15 nitrogen and oxygen atoms in total. The summed E-state index contributed by atoms with van der Waals surface area (Å²) >= 11 is 0. The predicted molar refractivity (Wildman–Crippen MR) is 143 cm³/mol. The number of imide groups is 1. The SMILES string of the molecule is COC(=O)[C@@]1(ON2C(C)(C)CCCC2(C)C)C[C@@H]2OC(=O)N(C(C)=O)[C@H]2[C@H]([C@H](OC(C)=O)[C@@H](COC(C)=O)OC(C)=O)O1. The molecule has 0 bridgehead atoms. The molecule has 0 unspecified atom stereocenters. The third kappa shape index (κ3) is 7.27. The monoisotopic (exact) mass is 614 g/mol. The molecular formula is C28H42N2O13. The van der Waals surface area contributed by atoms with Gasteiger partial charge in [0.2, 0.25) is 5.91 Å². The van der Waals surface area contributed by atoms with E-state index in [4.69, 9.17) is 33.3 Å². The third-order valence-electron chi connectivity index (χ3n) is 7.77. The lowest BCUT2D eigenvalue weighted by atomic mass is 9.82. The van der Waals surface area contributed by atoms with Gasteiger partial charge in [-0.3, -0.25) is 24.0 Å². The van der Waals surface area contributed by atoms with Gasteiger partial charge in [-0.25, -0.2) is 14.5 Å². The van der Waals surface area contributed by atoms with Gasteiger partial charge < -0.3 is 28.4 Å². The van der Waals surface area contributed by atoms with Gasteiger partial charge in [0, 0.05) is 38.8 Å². The average Bonchev–Trinajstić information content (AvgIpc) is 3.21. The number of piperidine rings is 1. The van der Waals surface area contributed by atoms with E-state index in [1.807, 2.05) is 27.7 Å². The zero-order valence-electron chi connectivity index (χ0n) is 26.1. The summed E-state index contributed by atoms with van der Waals surface area (Å²) in [7, 11) is 1.12. The Hall–Kier alpha value is -3.30. The summed E-state index contributed by atoms with van der Waals surface area (Å²) in [4.78, 5) is 82.8. The fraction of sp³-hybridized carbons (Fsp3) is 0.786. The van der Waals surface area contributed by atoms with Crippen LogP contribution in [0.4, 0.5) is 4.79 Å². The number of carbonyl (C=O) groups excluding carboxylic acids is 6. The largest absolute Gasteiger partial charge is 0.465 e. The van der Waals surface area contributed by atoms with Gasteiger partial charge in [0.05, 0.1) is 13.5 Å². The van der Waals surface area contributed by atoms with Crippen molar-refractivity contribution in [1.29, 1.82) is 0 Å². The van der Waals surface area contributed by atoms with E-state index in [0.29, 0.717) is 12.8 Å². The minimum atomic E-state index is -2.28. The Morgan fingerprint density at radius 3 is 2.00 bits per heavy atom. The van der Waals surface area contributed by atoms with Crippen molar-refractivity contribution in [2.75, 3.05) is 13.7 Å². The van der Waals surface area contributed by atoms with Crippen LogP contribution in [0.3, 0.4) is 0 Å². The van der Waals surface area contributed by atoms with Crippen molar-refractivity contribution in [3.63, 3.8) is 0 Å². The average molecular weight is 615 g/mol. The number of methoxy groups -OCH3 is 1. The highest BCUT2D eigenvalue weighted by Gasteiger charge is 2.66. The topological polar surface area (TPSA) is 174 Å². The molecule has 0 aromatic heterocycles. The van der Waals surface area contributed by atoms with Gasteiger partial charge in [0.1, 0.15) is 24.9 Å². The quantitative estimate of drug-likeness (QED) is 0.271. The van der Waals surface area contributed by atoms with Crippen molar-refractivity contribution >= 4 is 35.9 Å². The molecule has 2 amide bonds. The number of carbonyl (C=O) groups is 6. The second-order valence-electron chi connectivity index (χ2n) is 12.2. The zero-order valence-corrected chi connectivity index (χ0v) is 26.1. The number of rotatable bonds is 9. The molecule has 3 saturated heterocycles. The molecule has 0 aliphatic carbocycles. The normalized spacial score (nSPS) is 29.4. The molecule has 3 aliphatic rings. The Bertz CT molecular complexity index is 1120. The van der Waals surface area contributed by atoms with Gasteiger partial charge in [-0.15, -0.1) is 0 Å². The van der Waals surface area contributed by atoms with E-state index in [0.717, 1.165) is 46.1 Å². The molecule has 15 heteroatoms. The Balaban J connectivity index is 2.22. The predicted octanol–water partition coefficient (Wildman–Crippen LogP) is 1.78. The third-order valence-corrected chi connectivity index (χ3v) is 7.77. The van der Waals surface area contributed by atoms with Crippen LogP contribution in [0.1, 0.15) is 81.1 Å². The molecule has 0 spiro atoms. The summed E-state index contributed by atoms with van der Waals surface area (Å²) in [6, 6.07) is -1.27. The summed E-state index contributed by atoms with van der Waals surface area (Å²) in [6.07, 6.45) is -5.03. The lowest BCUT2D eigenvalue weighted by Gasteiger charge is -2.55. The van der Waals surface area contributed by atoms with E-state index < -0.39 is 96.2 Å². The number of hydrogen-bond acceptors (Lipinski definition) is 14. The first-order valence-corrected chi connectivity index (χ1v) is 14.1. The highest BCUT2D eigenvalue weighted by Crippen LogP contribution is 2.46. The molecule has 6 atom stereocenters. The Kier molecular flexibility index (Phi) is 10.1. The van der Waals surface area contributed by atoms with E-state index in [1.54, 1.807) is 5.06 Å². The standard InChI is InChI=1S/C28H42N2O13/c1-15(31)29-21-19(41-25(29)36)13-28(24(35)37-9,43-30-26(5,6)11-10-12-27(30,7)8)42-23(21)22(40-18(4)34)20(39-17(3)33)14-38-16(2)32/h19-23H,10-14H2,1-9H3/t19-,20+,21+,22+,23+,28-/m0/s1. The molecule has 0 saturated carbocycles. The number of fused-ring (bicyclic) bond motifs is 1. The summed E-state index contributed by atoms with van der Waals surface area (Å²) < 4.78 is 33.2. The van der Waals surface area contributed by atoms with Crippen LogP contribution in [-0.4, -0.2) is 107 Å². The fourth-order valence-corrected chi connectivity index (χ4v) is 6.18. The Morgan fingerprint density at radius 1 is 0.930 bits per heavy atom. The summed E-state index contributed by atoms with van der Waals surface area (Å²) in [5, 5.41) is 1.65. The maximum atomic E-state index is 13.6. The van der Waals surface area contributed by atoms with Crippen molar-refractivity contribution in [3.05, 3.63) is 0 Å². The van der Waals surface area contributed by atoms with E-state index in [1.165, 1.54) is 0 Å². The van der Waals surface area contributed by atoms with Crippen molar-refractivity contribution in [1.82, 2.24) is 9.96 Å². The van der Waals surface area contributed by atoms with E-state index in [2.05, 4.69) is 0 Å². The van der Waals surface area contributed by atoms with Crippen LogP contribution >= 0.6 is 0 Å². The van der Waals surface area contributed by atoms with Gasteiger partial charge in [0.15, 0.2) is 12.2 Å².